The van der Waals surface area contributed by atoms with Crippen LogP contribution in [0.15, 0.2) is 23.1 Å². The van der Waals surface area contributed by atoms with Crippen molar-refractivity contribution in [3.8, 4) is 0 Å². The van der Waals surface area contributed by atoms with Gasteiger partial charge in [-0.1, -0.05) is 0 Å². The van der Waals surface area contributed by atoms with Gasteiger partial charge in [-0.2, -0.15) is 0 Å². The number of nitrogens with zero attached hydrogens (tertiary/aromatic N) is 1. The van der Waals surface area contributed by atoms with E-state index < -0.39 is 5.91 Å². The van der Waals surface area contributed by atoms with E-state index >= 15 is 0 Å². The van der Waals surface area contributed by atoms with E-state index in [1.54, 1.807) is 30.7 Å². The summed E-state index contributed by atoms with van der Waals surface area (Å²) in [6.07, 6.45) is 0. The number of thioether (sulfide) groups is 1. The highest BCUT2D eigenvalue weighted by Crippen LogP contribution is 2.34. The summed E-state index contributed by atoms with van der Waals surface area (Å²) in [6, 6.07) is 4.97. The van der Waals surface area contributed by atoms with Gasteiger partial charge in [-0.3, -0.25) is 14.8 Å². The molecule has 16 heavy (non-hydrogen) atoms. The lowest BCUT2D eigenvalue weighted by molar-refractivity contribution is -0.116. The summed E-state index contributed by atoms with van der Waals surface area (Å²) in [4.78, 5) is 25.1. The van der Waals surface area contributed by atoms with E-state index in [1.807, 2.05) is 0 Å². The van der Waals surface area contributed by atoms with E-state index in [2.05, 4.69) is 0 Å². The fraction of sp³-hybridized carbons (Fsp3) is 0.200. The molecule has 0 aromatic heterocycles. The number of anilines is 1. The third-order valence-electron chi connectivity index (χ3n) is 2.41. The molecule has 84 valence electrons. The van der Waals surface area contributed by atoms with E-state index in [1.165, 1.54) is 16.7 Å². The van der Waals surface area contributed by atoms with Crippen LogP contribution in [-0.4, -0.2) is 29.8 Å². The minimum Gasteiger partial charge on any atom is -0.314 e. The quantitative estimate of drug-likeness (QED) is 0.562. The third-order valence-corrected chi connectivity index (χ3v) is 3.46. The van der Waals surface area contributed by atoms with E-state index in [0.29, 0.717) is 17.0 Å². The molecule has 0 radical (unpaired) electrons. The molecule has 0 fully saturated rings. The lowest BCUT2D eigenvalue weighted by Gasteiger charge is -2.25. The average Bonchev–Trinajstić information content (AvgIpc) is 2.32. The van der Waals surface area contributed by atoms with Gasteiger partial charge in [0, 0.05) is 17.5 Å². The molecule has 1 aliphatic rings. The minimum atomic E-state index is -0.584. The van der Waals surface area contributed by atoms with Crippen LogP contribution >= 0.6 is 11.8 Å². The first kappa shape index (κ1) is 11.0. The first-order chi connectivity index (χ1) is 7.63. The van der Waals surface area contributed by atoms with Gasteiger partial charge in [-0.25, -0.2) is 5.48 Å². The van der Waals surface area contributed by atoms with Gasteiger partial charge in [0.15, 0.2) is 0 Å². The molecule has 0 aliphatic carbocycles. The van der Waals surface area contributed by atoms with Crippen LogP contribution < -0.4 is 10.4 Å². The molecule has 0 saturated carbocycles. The Balaban J connectivity index is 2.44. The zero-order valence-electron chi connectivity index (χ0n) is 8.56. The van der Waals surface area contributed by atoms with E-state index in [9.17, 15) is 9.59 Å². The van der Waals surface area contributed by atoms with Crippen molar-refractivity contribution in [1.82, 2.24) is 5.48 Å². The standard InChI is InChI=1S/C10H10N2O3S/c1-12-7-4-6(10(14)11-15)2-3-8(7)16-5-9(12)13/h2-4,15H,5H2,1H3,(H,11,14). The smallest absolute Gasteiger partial charge is 0.274 e. The second-order valence-electron chi connectivity index (χ2n) is 3.36. The van der Waals surface area contributed by atoms with Crippen molar-refractivity contribution in [2.75, 3.05) is 17.7 Å². The zero-order valence-corrected chi connectivity index (χ0v) is 9.37. The normalized spacial score (nSPS) is 14.6. The predicted molar refractivity (Wildman–Crippen MR) is 59.8 cm³/mol. The Kier molecular flexibility index (Phi) is 2.84. The molecule has 2 rings (SSSR count). The van der Waals surface area contributed by atoms with Crippen LogP contribution in [0.1, 0.15) is 10.4 Å². The molecule has 0 bridgehead atoms. The lowest BCUT2D eigenvalue weighted by Crippen LogP contribution is -2.31. The van der Waals surface area contributed by atoms with Gasteiger partial charge in [0.2, 0.25) is 5.91 Å². The Morgan fingerprint density at radius 2 is 2.31 bits per heavy atom. The number of nitrogens with one attached hydrogen (secondary N) is 1. The number of rotatable bonds is 1. The number of hydrogen-bond acceptors (Lipinski definition) is 4. The summed E-state index contributed by atoms with van der Waals surface area (Å²) < 4.78 is 0. The maximum atomic E-state index is 11.5. The minimum absolute atomic E-state index is 0.000873. The summed E-state index contributed by atoms with van der Waals surface area (Å²) in [7, 11) is 1.67. The molecule has 0 atom stereocenters. The van der Waals surface area contributed by atoms with Crippen LogP contribution in [0.25, 0.3) is 0 Å². The molecule has 1 heterocycles. The van der Waals surface area contributed by atoms with Crippen LogP contribution in [0, 0.1) is 0 Å². The number of carbonyl (C=O) groups is 2. The van der Waals surface area contributed by atoms with Crippen molar-refractivity contribution in [1.29, 1.82) is 0 Å². The lowest BCUT2D eigenvalue weighted by atomic mass is 10.1. The van der Waals surface area contributed by atoms with Crippen molar-refractivity contribution in [2.24, 2.45) is 0 Å². The van der Waals surface area contributed by atoms with Crippen LogP contribution in [0.2, 0.25) is 0 Å². The number of carbonyl (C=O) groups excluding carboxylic acids is 2. The Hall–Kier alpha value is -1.53. The monoisotopic (exact) mass is 238 g/mol. The first-order valence-corrected chi connectivity index (χ1v) is 5.60. The van der Waals surface area contributed by atoms with Crippen molar-refractivity contribution >= 4 is 29.3 Å². The zero-order chi connectivity index (χ0) is 11.7. The molecule has 2 amide bonds. The van der Waals surface area contributed by atoms with Crippen molar-refractivity contribution in [3.05, 3.63) is 23.8 Å². The summed E-state index contributed by atoms with van der Waals surface area (Å²) in [5.74, 6) is -0.173. The Labute approximate surface area is 96.4 Å². The molecule has 0 unspecified atom stereocenters. The Morgan fingerprint density at radius 1 is 1.56 bits per heavy atom. The van der Waals surface area contributed by atoms with Crippen molar-refractivity contribution in [3.63, 3.8) is 0 Å². The van der Waals surface area contributed by atoms with Crippen LogP contribution in [-0.2, 0) is 4.79 Å². The van der Waals surface area contributed by atoms with Crippen LogP contribution in [0.5, 0.6) is 0 Å². The predicted octanol–water partition coefficient (Wildman–Crippen LogP) is 0.874. The topological polar surface area (TPSA) is 69.6 Å². The Bertz CT molecular complexity index is 461. The van der Waals surface area contributed by atoms with Gasteiger partial charge in [-0.05, 0) is 18.2 Å². The molecular formula is C10H10N2O3S. The SMILES string of the molecule is CN1C(=O)CSc2ccc(C(=O)NO)cc21. The average molecular weight is 238 g/mol. The summed E-state index contributed by atoms with van der Waals surface area (Å²) in [5.41, 5.74) is 2.58. The van der Waals surface area contributed by atoms with E-state index in [-0.39, 0.29) is 5.91 Å². The number of hydrogen-bond donors (Lipinski definition) is 2. The van der Waals surface area contributed by atoms with Gasteiger partial charge in [0.05, 0.1) is 11.4 Å². The highest BCUT2D eigenvalue weighted by molar-refractivity contribution is 8.00. The van der Waals surface area contributed by atoms with Gasteiger partial charge in [0.25, 0.3) is 5.91 Å². The molecule has 0 spiro atoms. The highest BCUT2D eigenvalue weighted by Gasteiger charge is 2.22. The summed E-state index contributed by atoms with van der Waals surface area (Å²) in [6.45, 7) is 0. The number of benzene rings is 1. The van der Waals surface area contributed by atoms with Gasteiger partial charge < -0.3 is 4.90 Å². The van der Waals surface area contributed by atoms with Crippen LogP contribution in [0.4, 0.5) is 5.69 Å². The molecule has 1 aliphatic heterocycles. The van der Waals surface area contributed by atoms with Crippen LogP contribution in [0.3, 0.4) is 0 Å². The van der Waals surface area contributed by atoms with Gasteiger partial charge in [0.1, 0.15) is 0 Å². The third kappa shape index (κ3) is 1.77. The van der Waals surface area contributed by atoms with Crippen molar-refractivity contribution in [2.45, 2.75) is 4.90 Å². The van der Waals surface area contributed by atoms with E-state index in [0.717, 1.165) is 4.90 Å². The molecule has 6 heteroatoms. The number of amides is 2. The molecule has 1 aromatic rings. The second kappa shape index (κ2) is 4.15. The van der Waals surface area contributed by atoms with Crippen molar-refractivity contribution < 1.29 is 14.8 Å². The molecular weight excluding hydrogens is 228 g/mol. The maximum absolute atomic E-state index is 11.5. The number of fused-ring (bicyclic) bond motifs is 1. The number of hydroxylamine groups is 1. The fourth-order valence-electron chi connectivity index (χ4n) is 1.48. The molecule has 5 nitrogen and oxygen atoms in total. The second-order valence-corrected chi connectivity index (χ2v) is 4.38. The van der Waals surface area contributed by atoms with E-state index in [4.69, 9.17) is 5.21 Å². The summed E-state index contributed by atoms with van der Waals surface area (Å²) >= 11 is 1.44. The largest absolute Gasteiger partial charge is 0.314 e. The fourth-order valence-corrected chi connectivity index (χ4v) is 2.46. The molecule has 1 aromatic carbocycles. The summed E-state index contributed by atoms with van der Waals surface area (Å²) in [5, 5.41) is 8.52. The first-order valence-electron chi connectivity index (χ1n) is 4.61. The molecule has 0 saturated heterocycles. The molecule has 2 N–H and O–H groups in total. The Morgan fingerprint density at radius 3 is 3.00 bits per heavy atom. The van der Waals surface area contributed by atoms with Gasteiger partial charge >= 0.3 is 0 Å². The maximum Gasteiger partial charge on any atom is 0.274 e. The van der Waals surface area contributed by atoms with Gasteiger partial charge in [-0.15, -0.1) is 11.8 Å². The highest BCUT2D eigenvalue weighted by atomic mass is 32.2.